The minimum atomic E-state index is -0.141. The van der Waals surface area contributed by atoms with Crippen LogP contribution in [0.3, 0.4) is 0 Å². The molecule has 1 fully saturated rings. The van der Waals surface area contributed by atoms with E-state index in [1.807, 2.05) is 54.6 Å². The Morgan fingerprint density at radius 3 is 2.54 bits per heavy atom. The van der Waals surface area contributed by atoms with Gasteiger partial charge in [-0.15, -0.1) is 0 Å². The van der Waals surface area contributed by atoms with Gasteiger partial charge in [0.25, 0.3) is 5.91 Å². The Bertz CT molecular complexity index is 932. The zero-order chi connectivity index (χ0) is 18.1. The van der Waals surface area contributed by atoms with Crippen LogP contribution in [0.5, 0.6) is 0 Å². The largest absolute Gasteiger partial charge is 0.440 e. The first-order valence-corrected chi connectivity index (χ1v) is 9.06. The molecule has 2 aromatic carbocycles. The molecule has 4 rings (SSSR count). The number of benzene rings is 2. The van der Waals surface area contributed by atoms with Crippen LogP contribution in [0.15, 0.2) is 59.0 Å². The highest BCUT2D eigenvalue weighted by Crippen LogP contribution is 2.43. The van der Waals surface area contributed by atoms with Crippen molar-refractivity contribution >= 4 is 17.5 Å². The molecule has 132 valence electrons. The Morgan fingerprint density at radius 2 is 1.85 bits per heavy atom. The number of carbonyl (C=O) groups is 1. The van der Waals surface area contributed by atoms with E-state index < -0.39 is 0 Å². The van der Waals surface area contributed by atoms with Crippen molar-refractivity contribution in [2.24, 2.45) is 0 Å². The van der Waals surface area contributed by atoms with E-state index in [0.29, 0.717) is 34.8 Å². The summed E-state index contributed by atoms with van der Waals surface area (Å²) >= 11 is 6.22. The smallest absolute Gasteiger partial charge is 0.276 e. The molecule has 1 saturated carbocycles. The number of rotatable bonds is 5. The molecule has 3 aromatic rings. The third kappa shape index (κ3) is 3.37. The average molecular weight is 367 g/mol. The molecule has 5 heteroatoms. The van der Waals surface area contributed by atoms with E-state index in [2.05, 4.69) is 4.98 Å². The fourth-order valence-electron chi connectivity index (χ4n) is 2.95. The number of amides is 1. The molecule has 0 N–H and O–H groups in total. The Balaban J connectivity index is 1.63. The highest BCUT2D eigenvalue weighted by Gasteiger charge is 2.35. The Kier molecular flexibility index (Phi) is 4.51. The van der Waals surface area contributed by atoms with Crippen molar-refractivity contribution in [1.29, 1.82) is 0 Å². The Hall–Kier alpha value is -2.59. The molecule has 1 aromatic heterocycles. The Morgan fingerprint density at radius 1 is 1.15 bits per heavy atom. The fourth-order valence-corrected chi connectivity index (χ4v) is 3.14. The average Bonchev–Trinajstić information content (AvgIpc) is 3.42. The fraction of sp³-hybridized carbons (Fsp3) is 0.238. The quantitative estimate of drug-likeness (QED) is 0.627. The second kappa shape index (κ2) is 6.96. The van der Waals surface area contributed by atoms with Gasteiger partial charge in [0.1, 0.15) is 5.76 Å². The number of carbonyl (C=O) groups excluding carboxylic acids is 1. The maximum absolute atomic E-state index is 13.0. The standard InChI is InChI=1S/C21H19ClN2O2/c1-24(13-16-9-5-6-10-17(16)22)21(25)18-19(14-11-12-14)26-20(23-18)15-7-3-2-4-8-15/h2-10,14H,11-13H2,1H3. The van der Waals surface area contributed by atoms with Gasteiger partial charge >= 0.3 is 0 Å². The van der Waals surface area contributed by atoms with E-state index in [4.69, 9.17) is 16.0 Å². The van der Waals surface area contributed by atoms with Crippen LogP contribution >= 0.6 is 11.6 Å². The van der Waals surface area contributed by atoms with Crippen molar-refractivity contribution in [3.63, 3.8) is 0 Å². The number of halogens is 1. The summed E-state index contributed by atoms with van der Waals surface area (Å²) < 4.78 is 5.99. The highest BCUT2D eigenvalue weighted by molar-refractivity contribution is 6.31. The molecule has 1 aliphatic rings. The minimum absolute atomic E-state index is 0.141. The first kappa shape index (κ1) is 16.9. The molecule has 0 spiro atoms. The molecular weight excluding hydrogens is 348 g/mol. The molecule has 1 aliphatic carbocycles. The lowest BCUT2D eigenvalue weighted by Crippen LogP contribution is -2.27. The predicted molar refractivity (Wildman–Crippen MR) is 101 cm³/mol. The third-order valence-electron chi connectivity index (χ3n) is 4.54. The SMILES string of the molecule is CN(Cc1ccccc1Cl)C(=O)c1nc(-c2ccccc2)oc1C1CC1. The van der Waals surface area contributed by atoms with E-state index in [-0.39, 0.29) is 5.91 Å². The summed E-state index contributed by atoms with van der Waals surface area (Å²) in [5.74, 6) is 1.37. The van der Waals surface area contributed by atoms with Crippen molar-refractivity contribution in [2.75, 3.05) is 7.05 Å². The number of oxazole rings is 1. The molecule has 0 bridgehead atoms. The molecule has 26 heavy (non-hydrogen) atoms. The van der Waals surface area contributed by atoms with Crippen LogP contribution in [-0.4, -0.2) is 22.8 Å². The number of aromatic nitrogens is 1. The van der Waals surface area contributed by atoms with Crippen LogP contribution in [0.25, 0.3) is 11.5 Å². The van der Waals surface area contributed by atoms with Crippen molar-refractivity contribution in [2.45, 2.75) is 25.3 Å². The monoisotopic (exact) mass is 366 g/mol. The molecule has 0 atom stereocenters. The van der Waals surface area contributed by atoms with E-state index in [0.717, 1.165) is 24.0 Å². The van der Waals surface area contributed by atoms with Crippen LogP contribution in [0.2, 0.25) is 5.02 Å². The molecule has 0 aliphatic heterocycles. The minimum Gasteiger partial charge on any atom is -0.440 e. The zero-order valence-electron chi connectivity index (χ0n) is 14.5. The van der Waals surface area contributed by atoms with Crippen molar-refractivity contribution < 1.29 is 9.21 Å². The molecule has 4 nitrogen and oxygen atoms in total. The van der Waals surface area contributed by atoms with Crippen LogP contribution in [0.4, 0.5) is 0 Å². The van der Waals surface area contributed by atoms with E-state index in [1.165, 1.54) is 0 Å². The summed E-state index contributed by atoms with van der Waals surface area (Å²) in [6, 6.07) is 17.2. The number of hydrogen-bond donors (Lipinski definition) is 0. The lowest BCUT2D eigenvalue weighted by Gasteiger charge is -2.17. The van der Waals surface area contributed by atoms with Gasteiger partial charge in [-0.2, -0.15) is 0 Å². The Labute approximate surface area is 157 Å². The van der Waals surface area contributed by atoms with E-state index >= 15 is 0 Å². The molecule has 0 radical (unpaired) electrons. The molecule has 0 saturated heterocycles. The third-order valence-corrected chi connectivity index (χ3v) is 4.91. The van der Waals surface area contributed by atoms with Gasteiger partial charge in [-0.3, -0.25) is 4.79 Å². The van der Waals surface area contributed by atoms with E-state index in [1.54, 1.807) is 11.9 Å². The van der Waals surface area contributed by atoms with E-state index in [9.17, 15) is 4.79 Å². The normalized spacial score (nSPS) is 13.6. The lowest BCUT2D eigenvalue weighted by molar-refractivity contribution is 0.0777. The topological polar surface area (TPSA) is 46.3 Å². The van der Waals surface area contributed by atoms with Gasteiger partial charge in [0.2, 0.25) is 5.89 Å². The van der Waals surface area contributed by atoms with Gasteiger partial charge in [-0.05, 0) is 36.6 Å². The number of nitrogens with zero attached hydrogens (tertiary/aromatic N) is 2. The van der Waals surface area contributed by atoms with Gasteiger partial charge < -0.3 is 9.32 Å². The van der Waals surface area contributed by atoms with Crippen LogP contribution < -0.4 is 0 Å². The molecule has 1 heterocycles. The predicted octanol–water partition coefficient (Wildman–Crippen LogP) is 5.14. The van der Waals surface area contributed by atoms with Gasteiger partial charge in [-0.1, -0.05) is 48.0 Å². The summed E-state index contributed by atoms with van der Waals surface area (Å²) in [5.41, 5.74) is 2.20. The molecule has 0 unspecified atom stereocenters. The van der Waals surface area contributed by atoms with Crippen molar-refractivity contribution in [1.82, 2.24) is 9.88 Å². The molecule has 1 amide bonds. The summed E-state index contributed by atoms with van der Waals surface area (Å²) in [6.07, 6.45) is 2.08. The maximum Gasteiger partial charge on any atom is 0.276 e. The molecular formula is C21H19ClN2O2. The first-order chi connectivity index (χ1) is 12.6. The van der Waals surface area contributed by atoms with Crippen LogP contribution in [0, 0.1) is 0 Å². The van der Waals surface area contributed by atoms with Gasteiger partial charge in [0.15, 0.2) is 5.69 Å². The highest BCUT2D eigenvalue weighted by atomic mass is 35.5. The second-order valence-electron chi connectivity index (χ2n) is 6.62. The first-order valence-electron chi connectivity index (χ1n) is 8.68. The zero-order valence-corrected chi connectivity index (χ0v) is 15.2. The summed E-state index contributed by atoms with van der Waals surface area (Å²) in [4.78, 5) is 19.2. The summed E-state index contributed by atoms with van der Waals surface area (Å²) in [6.45, 7) is 0.427. The number of hydrogen-bond acceptors (Lipinski definition) is 3. The van der Waals surface area contributed by atoms with Crippen molar-refractivity contribution in [3.8, 4) is 11.5 Å². The maximum atomic E-state index is 13.0. The van der Waals surface area contributed by atoms with Gasteiger partial charge in [0.05, 0.1) is 0 Å². The van der Waals surface area contributed by atoms with Crippen molar-refractivity contribution in [3.05, 3.63) is 76.6 Å². The summed E-state index contributed by atoms with van der Waals surface area (Å²) in [5, 5.41) is 0.652. The van der Waals surface area contributed by atoms with Crippen LogP contribution in [0.1, 0.15) is 40.6 Å². The lowest BCUT2D eigenvalue weighted by atomic mass is 10.2. The van der Waals surface area contributed by atoms with Gasteiger partial charge in [0, 0.05) is 30.1 Å². The van der Waals surface area contributed by atoms with Crippen LogP contribution in [-0.2, 0) is 6.54 Å². The summed E-state index contributed by atoms with van der Waals surface area (Å²) in [7, 11) is 1.76. The second-order valence-corrected chi connectivity index (χ2v) is 7.03. The van der Waals surface area contributed by atoms with Gasteiger partial charge in [-0.25, -0.2) is 4.98 Å².